The van der Waals surface area contributed by atoms with Crippen LogP contribution in [-0.2, 0) is 15.6 Å². The molecule has 0 aliphatic rings. The smallest absolute Gasteiger partial charge is 0.185 e. The van der Waals surface area contributed by atoms with Crippen molar-refractivity contribution in [1.29, 1.82) is 0 Å². The summed E-state index contributed by atoms with van der Waals surface area (Å²) in [5.74, 6) is 0.191. The molecule has 0 aliphatic heterocycles. The molecular weight excluding hydrogens is 226 g/mol. The summed E-state index contributed by atoms with van der Waals surface area (Å²) < 4.78 is 28.8. The monoisotopic (exact) mass is 237 g/mol. The fourth-order valence-electron chi connectivity index (χ4n) is 1.33. The fourth-order valence-corrected chi connectivity index (χ4v) is 2.56. The summed E-state index contributed by atoms with van der Waals surface area (Å²) in [5, 5.41) is 0. The summed E-state index contributed by atoms with van der Waals surface area (Å²) >= 11 is 0. The second kappa shape index (κ2) is 4.09. The Morgan fingerprint density at radius 3 is 2.50 bits per heavy atom. The summed E-state index contributed by atoms with van der Waals surface area (Å²) in [4.78, 5) is 3.98. The first-order chi connectivity index (χ1) is 7.58. The van der Waals surface area contributed by atoms with E-state index in [1.165, 1.54) is 12.6 Å². The van der Waals surface area contributed by atoms with E-state index in [-0.39, 0.29) is 5.75 Å². The number of aromatic nitrogens is 1. The lowest BCUT2D eigenvalue weighted by Crippen LogP contribution is -2.04. The first kappa shape index (κ1) is 10.9. The van der Waals surface area contributed by atoms with Gasteiger partial charge >= 0.3 is 0 Å². The number of nitrogens with zero attached hydrogens (tertiary/aromatic N) is 1. The highest BCUT2D eigenvalue weighted by atomic mass is 32.2. The average molecular weight is 237 g/mol. The van der Waals surface area contributed by atoms with Crippen molar-refractivity contribution in [2.75, 3.05) is 0 Å². The van der Waals surface area contributed by atoms with Crippen molar-refractivity contribution in [3.63, 3.8) is 0 Å². The van der Waals surface area contributed by atoms with Gasteiger partial charge in [-0.25, -0.2) is 13.4 Å². The molecule has 0 aliphatic carbocycles. The van der Waals surface area contributed by atoms with Crippen LogP contribution < -0.4 is 0 Å². The van der Waals surface area contributed by atoms with Crippen LogP contribution in [0, 0.1) is 6.92 Å². The Bertz CT molecular complexity index is 556. The van der Waals surface area contributed by atoms with Crippen molar-refractivity contribution >= 4 is 9.84 Å². The van der Waals surface area contributed by atoms with Crippen molar-refractivity contribution < 1.29 is 12.8 Å². The molecule has 0 unspecified atom stereocenters. The molecular formula is C11H11NO3S. The maximum atomic E-state index is 11.9. The van der Waals surface area contributed by atoms with E-state index in [0.29, 0.717) is 10.7 Å². The fraction of sp³-hybridized carbons (Fsp3) is 0.182. The predicted octanol–water partition coefficient (Wildman–Crippen LogP) is 1.96. The lowest BCUT2D eigenvalue weighted by molar-refractivity contribution is 0.515. The van der Waals surface area contributed by atoms with Crippen LogP contribution >= 0.6 is 0 Å². The third-order valence-corrected chi connectivity index (χ3v) is 3.85. The molecule has 16 heavy (non-hydrogen) atoms. The standard InChI is InChI=1S/C11H11NO3S/c1-9-2-4-11(5-3-9)16(13,14)7-10-6-12-8-15-10/h2-6,8H,7H2,1H3. The Kier molecular flexibility index (Phi) is 2.78. The first-order valence-corrected chi connectivity index (χ1v) is 6.40. The summed E-state index contributed by atoms with van der Waals surface area (Å²) in [5.41, 5.74) is 1.03. The van der Waals surface area contributed by atoms with Gasteiger partial charge in [-0.05, 0) is 19.1 Å². The molecule has 0 atom stereocenters. The van der Waals surface area contributed by atoms with Gasteiger partial charge in [0, 0.05) is 0 Å². The lowest BCUT2D eigenvalue weighted by atomic mass is 10.2. The normalized spacial score (nSPS) is 11.6. The summed E-state index contributed by atoms with van der Waals surface area (Å²) in [6.07, 6.45) is 2.63. The van der Waals surface area contributed by atoms with Crippen LogP contribution in [0.2, 0.25) is 0 Å². The number of sulfone groups is 1. The number of benzene rings is 1. The second-order valence-electron chi connectivity index (χ2n) is 3.54. The Balaban J connectivity index is 2.29. The third-order valence-electron chi connectivity index (χ3n) is 2.20. The lowest BCUT2D eigenvalue weighted by Gasteiger charge is -2.02. The molecule has 0 spiro atoms. The molecule has 0 bridgehead atoms. The Morgan fingerprint density at radius 2 is 1.94 bits per heavy atom. The van der Waals surface area contributed by atoms with E-state index >= 15 is 0 Å². The van der Waals surface area contributed by atoms with Gasteiger partial charge in [0.05, 0.1) is 11.1 Å². The van der Waals surface area contributed by atoms with Crippen LogP contribution in [0.3, 0.4) is 0 Å². The molecule has 4 nitrogen and oxygen atoms in total. The van der Waals surface area contributed by atoms with E-state index in [9.17, 15) is 8.42 Å². The van der Waals surface area contributed by atoms with Gasteiger partial charge in [-0.15, -0.1) is 0 Å². The van der Waals surface area contributed by atoms with Gasteiger partial charge < -0.3 is 4.42 Å². The topological polar surface area (TPSA) is 60.2 Å². The minimum atomic E-state index is -3.33. The van der Waals surface area contributed by atoms with Crippen LogP contribution in [0.4, 0.5) is 0 Å². The van der Waals surface area contributed by atoms with E-state index in [4.69, 9.17) is 4.42 Å². The molecule has 1 aromatic heterocycles. The van der Waals surface area contributed by atoms with E-state index in [0.717, 1.165) is 5.56 Å². The van der Waals surface area contributed by atoms with Gasteiger partial charge in [-0.3, -0.25) is 0 Å². The zero-order valence-corrected chi connectivity index (χ0v) is 9.57. The maximum Gasteiger partial charge on any atom is 0.185 e. The van der Waals surface area contributed by atoms with Crippen LogP contribution in [0.5, 0.6) is 0 Å². The largest absolute Gasteiger partial charge is 0.447 e. The average Bonchev–Trinajstić information content (AvgIpc) is 2.70. The molecule has 0 amide bonds. The molecule has 0 radical (unpaired) electrons. The van der Waals surface area contributed by atoms with Gasteiger partial charge in [0.1, 0.15) is 11.5 Å². The van der Waals surface area contributed by atoms with Crippen molar-refractivity contribution in [1.82, 2.24) is 4.98 Å². The van der Waals surface area contributed by atoms with Crippen LogP contribution in [0.25, 0.3) is 0 Å². The molecule has 5 heteroatoms. The highest BCUT2D eigenvalue weighted by molar-refractivity contribution is 7.90. The molecule has 84 valence electrons. The molecule has 1 heterocycles. The quantitative estimate of drug-likeness (QED) is 0.818. The predicted molar refractivity (Wildman–Crippen MR) is 58.6 cm³/mol. The Hall–Kier alpha value is -1.62. The number of oxazole rings is 1. The third kappa shape index (κ3) is 2.30. The van der Waals surface area contributed by atoms with Gasteiger partial charge in [-0.2, -0.15) is 0 Å². The van der Waals surface area contributed by atoms with Gasteiger partial charge in [0.15, 0.2) is 16.2 Å². The maximum absolute atomic E-state index is 11.9. The molecule has 2 aromatic rings. The van der Waals surface area contributed by atoms with Crippen LogP contribution in [0.15, 0.2) is 46.2 Å². The van der Waals surface area contributed by atoms with E-state index in [2.05, 4.69) is 4.98 Å². The Morgan fingerprint density at radius 1 is 1.25 bits per heavy atom. The van der Waals surface area contributed by atoms with E-state index in [1.807, 2.05) is 6.92 Å². The van der Waals surface area contributed by atoms with Crippen molar-refractivity contribution in [3.8, 4) is 0 Å². The SMILES string of the molecule is Cc1ccc(S(=O)(=O)Cc2cnco2)cc1. The number of hydrogen-bond acceptors (Lipinski definition) is 4. The van der Waals surface area contributed by atoms with Crippen molar-refractivity contribution in [2.45, 2.75) is 17.6 Å². The zero-order valence-electron chi connectivity index (χ0n) is 8.75. The van der Waals surface area contributed by atoms with E-state index < -0.39 is 9.84 Å². The number of aryl methyl sites for hydroxylation is 1. The van der Waals surface area contributed by atoms with Crippen LogP contribution in [0.1, 0.15) is 11.3 Å². The molecule has 2 rings (SSSR count). The molecule has 0 saturated carbocycles. The summed E-state index contributed by atoms with van der Waals surface area (Å²) in [7, 11) is -3.33. The van der Waals surface area contributed by atoms with Crippen molar-refractivity contribution in [3.05, 3.63) is 48.2 Å². The molecule has 0 fully saturated rings. The van der Waals surface area contributed by atoms with Gasteiger partial charge in [-0.1, -0.05) is 17.7 Å². The van der Waals surface area contributed by atoms with Gasteiger partial charge in [0.25, 0.3) is 0 Å². The summed E-state index contributed by atoms with van der Waals surface area (Å²) in [6.45, 7) is 1.91. The van der Waals surface area contributed by atoms with Gasteiger partial charge in [0.2, 0.25) is 0 Å². The zero-order chi connectivity index (χ0) is 11.6. The minimum absolute atomic E-state index is 0.157. The molecule has 0 saturated heterocycles. The number of rotatable bonds is 3. The summed E-state index contributed by atoms with van der Waals surface area (Å²) in [6, 6.07) is 6.74. The molecule has 1 aromatic carbocycles. The van der Waals surface area contributed by atoms with Crippen LogP contribution in [-0.4, -0.2) is 13.4 Å². The first-order valence-electron chi connectivity index (χ1n) is 4.75. The number of hydrogen-bond donors (Lipinski definition) is 0. The Labute approximate surface area is 93.9 Å². The molecule has 0 N–H and O–H groups in total. The van der Waals surface area contributed by atoms with E-state index in [1.54, 1.807) is 24.3 Å². The highest BCUT2D eigenvalue weighted by Crippen LogP contribution is 2.16. The highest BCUT2D eigenvalue weighted by Gasteiger charge is 2.16. The minimum Gasteiger partial charge on any atom is -0.447 e. The second-order valence-corrected chi connectivity index (χ2v) is 5.53. The van der Waals surface area contributed by atoms with Crippen molar-refractivity contribution in [2.24, 2.45) is 0 Å².